The van der Waals surface area contributed by atoms with Crippen LogP contribution in [0.15, 0.2) is 42.6 Å². The molecule has 1 atom stereocenters. The molecule has 0 amide bonds. The van der Waals surface area contributed by atoms with Crippen LogP contribution >= 0.6 is 0 Å². The van der Waals surface area contributed by atoms with Crippen molar-refractivity contribution >= 4 is 5.65 Å². The van der Waals surface area contributed by atoms with Crippen LogP contribution in [0.3, 0.4) is 0 Å². The molecule has 0 spiro atoms. The Bertz CT molecular complexity index is 804. The Morgan fingerprint density at radius 3 is 2.61 bits per heavy atom. The van der Waals surface area contributed by atoms with Gasteiger partial charge in [0.2, 0.25) is 0 Å². The Morgan fingerprint density at radius 1 is 1.22 bits per heavy atom. The number of fused-ring (bicyclic) bond motifs is 1. The van der Waals surface area contributed by atoms with Gasteiger partial charge in [-0.15, -0.1) is 0 Å². The van der Waals surface area contributed by atoms with E-state index in [1.54, 1.807) is 6.92 Å². The highest BCUT2D eigenvalue weighted by Crippen LogP contribution is 2.31. The zero-order valence-corrected chi connectivity index (χ0v) is 13.8. The van der Waals surface area contributed by atoms with E-state index in [4.69, 9.17) is 9.72 Å². The number of benzene rings is 1. The molecule has 1 N–H and O–H groups in total. The van der Waals surface area contributed by atoms with E-state index in [0.29, 0.717) is 6.61 Å². The molecule has 0 saturated heterocycles. The fourth-order valence-corrected chi connectivity index (χ4v) is 2.76. The van der Waals surface area contributed by atoms with Crippen molar-refractivity contribution in [1.29, 1.82) is 0 Å². The van der Waals surface area contributed by atoms with Gasteiger partial charge in [0.15, 0.2) is 0 Å². The summed E-state index contributed by atoms with van der Waals surface area (Å²) < 4.78 is 7.60. The average Bonchev–Trinajstić information content (AvgIpc) is 2.94. The molecular formula is C19H22N2O2. The summed E-state index contributed by atoms with van der Waals surface area (Å²) in [5.74, 6) is 0.856. The van der Waals surface area contributed by atoms with E-state index in [2.05, 4.69) is 6.92 Å². The zero-order chi connectivity index (χ0) is 16.4. The van der Waals surface area contributed by atoms with E-state index in [0.717, 1.165) is 40.3 Å². The van der Waals surface area contributed by atoms with Gasteiger partial charge in [-0.2, -0.15) is 0 Å². The highest BCUT2D eigenvalue weighted by atomic mass is 16.5. The van der Waals surface area contributed by atoms with Crippen molar-refractivity contribution in [3.63, 3.8) is 0 Å². The van der Waals surface area contributed by atoms with Crippen LogP contribution in [0.5, 0.6) is 5.75 Å². The molecular weight excluding hydrogens is 288 g/mol. The minimum atomic E-state index is -0.599. The van der Waals surface area contributed by atoms with E-state index >= 15 is 0 Å². The van der Waals surface area contributed by atoms with E-state index < -0.39 is 6.10 Å². The number of aliphatic hydroxyl groups is 1. The predicted octanol–water partition coefficient (Wildman–Crippen LogP) is 4.15. The van der Waals surface area contributed by atoms with E-state index in [1.165, 1.54) is 0 Å². The third kappa shape index (κ3) is 2.94. The van der Waals surface area contributed by atoms with Gasteiger partial charge in [0, 0.05) is 11.8 Å². The second-order valence-electron chi connectivity index (χ2n) is 5.78. The summed E-state index contributed by atoms with van der Waals surface area (Å²) in [6, 6.07) is 11.9. The number of aryl methyl sites for hydroxylation is 1. The smallest absolute Gasteiger partial charge is 0.140 e. The largest absolute Gasteiger partial charge is 0.494 e. The van der Waals surface area contributed by atoms with Crippen molar-refractivity contribution in [2.24, 2.45) is 0 Å². The topological polar surface area (TPSA) is 46.8 Å². The molecule has 0 saturated carbocycles. The molecule has 0 fully saturated rings. The molecule has 0 aliphatic heterocycles. The van der Waals surface area contributed by atoms with Crippen LogP contribution in [0.2, 0.25) is 0 Å². The number of aliphatic hydroxyl groups excluding tert-OH is 1. The molecule has 120 valence electrons. The summed E-state index contributed by atoms with van der Waals surface area (Å²) in [5.41, 5.74) is 4.57. The molecule has 0 aliphatic carbocycles. The first-order valence-electron chi connectivity index (χ1n) is 8.00. The number of pyridine rings is 1. The number of nitrogens with zero attached hydrogens (tertiary/aromatic N) is 2. The number of ether oxygens (including phenoxy) is 1. The monoisotopic (exact) mass is 310 g/mol. The van der Waals surface area contributed by atoms with Gasteiger partial charge in [0.05, 0.1) is 24.1 Å². The molecule has 4 nitrogen and oxygen atoms in total. The van der Waals surface area contributed by atoms with Crippen LogP contribution in [0, 0.1) is 6.92 Å². The van der Waals surface area contributed by atoms with Crippen molar-refractivity contribution in [1.82, 2.24) is 9.38 Å². The van der Waals surface area contributed by atoms with Crippen molar-refractivity contribution < 1.29 is 9.84 Å². The summed E-state index contributed by atoms with van der Waals surface area (Å²) in [5, 5.41) is 10.2. The molecule has 2 heterocycles. The molecule has 3 aromatic rings. The first kappa shape index (κ1) is 15.6. The number of rotatable bonds is 5. The first-order chi connectivity index (χ1) is 11.1. The Balaban J connectivity index is 2.08. The predicted molar refractivity (Wildman–Crippen MR) is 91.8 cm³/mol. The van der Waals surface area contributed by atoms with Crippen molar-refractivity contribution in [3.8, 4) is 17.0 Å². The maximum atomic E-state index is 10.2. The summed E-state index contributed by atoms with van der Waals surface area (Å²) >= 11 is 0. The number of hydrogen-bond acceptors (Lipinski definition) is 3. The Hall–Kier alpha value is -2.33. The van der Waals surface area contributed by atoms with Crippen LogP contribution < -0.4 is 4.74 Å². The minimum absolute atomic E-state index is 0.599. The van der Waals surface area contributed by atoms with Gasteiger partial charge in [-0.1, -0.05) is 13.0 Å². The lowest BCUT2D eigenvalue weighted by molar-refractivity contribution is 0.194. The summed E-state index contributed by atoms with van der Waals surface area (Å²) in [4.78, 5) is 4.76. The van der Waals surface area contributed by atoms with Crippen LogP contribution in [0.25, 0.3) is 16.9 Å². The number of imidazole rings is 1. The molecule has 2 aromatic heterocycles. The van der Waals surface area contributed by atoms with Gasteiger partial charge in [-0.25, -0.2) is 4.98 Å². The molecule has 1 unspecified atom stereocenters. The highest BCUT2D eigenvalue weighted by molar-refractivity contribution is 5.69. The van der Waals surface area contributed by atoms with Crippen molar-refractivity contribution in [3.05, 3.63) is 53.9 Å². The third-order valence-corrected chi connectivity index (χ3v) is 3.88. The van der Waals surface area contributed by atoms with Crippen molar-refractivity contribution in [2.45, 2.75) is 33.3 Å². The molecule has 0 radical (unpaired) electrons. The van der Waals surface area contributed by atoms with Gasteiger partial charge in [-0.3, -0.25) is 0 Å². The second kappa shape index (κ2) is 6.42. The van der Waals surface area contributed by atoms with Crippen molar-refractivity contribution in [2.75, 3.05) is 6.61 Å². The average molecular weight is 310 g/mol. The molecule has 0 bridgehead atoms. The van der Waals surface area contributed by atoms with Gasteiger partial charge >= 0.3 is 0 Å². The lowest BCUT2D eigenvalue weighted by Gasteiger charge is -2.09. The highest BCUT2D eigenvalue weighted by Gasteiger charge is 2.18. The fraction of sp³-hybridized carbons (Fsp3) is 0.316. The Labute approximate surface area is 136 Å². The lowest BCUT2D eigenvalue weighted by atomic mass is 10.1. The van der Waals surface area contributed by atoms with Gasteiger partial charge in [-0.05, 0) is 56.2 Å². The molecule has 23 heavy (non-hydrogen) atoms. The van der Waals surface area contributed by atoms with Crippen LogP contribution in [0.4, 0.5) is 0 Å². The minimum Gasteiger partial charge on any atom is -0.494 e. The van der Waals surface area contributed by atoms with Gasteiger partial charge < -0.3 is 14.2 Å². The SMILES string of the molecule is CCCOc1ccc(-c2nc3c(C)cccn3c2C(C)O)cc1. The quantitative estimate of drug-likeness (QED) is 0.770. The maximum Gasteiger partial charge on any atom is 0.140 e. The number of hydrogen-bond donors (Lipinski definition) is 1. The normalized spacial score (nSPS) is 12.5. The second-order valence-corrected chi connectivity index (χ2v) is 5.78. The summed E-state index contributed by atoms with van der Waals surface area (Å²) in [7, 11) is 0. The molecule has 4 heteroatoms. The van der Waals surface area contributed by atoms with Crippen LogP contribution in [-0.4, -0.2) is 21.1 Å². The Morgan fingerprint density at radius 2 is 1.96 bits per heavy atom. The standard InChI is InChI=1S/C19H22N2O2/c1-4-12-23-16-9-7-15(8-10-16)17-18(14(3)22)21-11-5-6-13(2)19(21)20-17/h5-11,14,22H,4,12H2,1-3H3. The first-order valence-corrected chi connectivity index (χ1v) is 8.00. The number of aromatic nitrogens is 2. The molecule has 0 aliphatic rings. The van der Waals surface area contributed by atoms with E-state index in [9.17, 15) is 5.11 Å². The van der Waals surface area contributed by atoms with Crippen LogP contribution in [-0.2, 0) is 0 Å². The summed E-state index contributed by atoms with van der Waals surface area (Å²) in [6.45, 7) is 6.60. The van der Waals surface area contributed by atoms with Gasteiger partial charge in [0.1, 0.15) is 11.4 Å². The molecule has 3 rings (SSSR count). The Kier molecular flexibility index (Phi) is 4.35. The van der Waals surface area contributed by atoms with Crippen LogP contribution in [0.1, 0.15) is 37.6 Å². The maximum absolute atomic E-state index is 10.2. The lowest BCUT2D eigenvalue weighted by Crippen LogP contribution is -2.00. The van der Waals surface area contributed by atoms with E-state index in [1.807, 2.05) is 53.9 Å². The fourth-order valence-electron chi connectivity index (χ4n) is 2.76. The summed E-state index contributed by atoms with van der Waals surface area (Å²) in [6.07, 6.45) is 2.33. The zero-order valence-electron chi connectivity index (χ0n) is 13.8. The van der Waals surface area contributed by atoms with Gasteiger partial charge in [0.25, 0.3) is 0 Å². The van der Waals surface area contributed by atoms with E-state index in [-0.39, 0.29) is 0 Å². The third-order valence-electron chi connectivity index (χ3n) is 3.88. The molecule has 1 aromatic carbocycles.